The lowest BCUT2D eigenvalue weighted by molar-refractivity contribution is -0.737. The van der Waals surface area contributed by atoms with E-state index < -0.39 is 5.95 Å². The number of aryl methyl sites for hydroxylation is 1. The lowest BCUT2D eigenvalue weighted by Crippen LogP contribution is -2.35. The normalized spacial score (nSPS) is 9.50. The molecular weight excluding hydrogens is 135 g/mol. The van der Waals surface area contributed by atoms with E-state index in [9.17, 15) is 4.39 Å². The lowest BCUT2D eigenvalue weighted by atomic mass is 10.5. The van der Waals surface area contributed by atoms with E-state index in [2.05, 4.69) is 5.10 Å². The average Bonchev–Trinajstić information content (AvgIpc) is 1.88. The predicted molar refractivity (Wildman–Crippen MR) is 31.9 cm³/mol. The van der Waals surface area contributed by atoms with Crippen molar-refractivity contribution in [1.82, 2.24) is 5.10 Å². The Morgan fingerprint density at radius 2 is 2.30 bits per heavy atom. The van der Waals surface area contributed by atoms with E-state index >= 15 is 0 Å². The standard InChI is InChI=1S/C6H8FN2O/c1-9-6(10-2)4-3-5(7)8-9/h3-4H,1-2H3/q+1. The van der Waals surface area contributed by atoms with Crippen LogP contribution in [0, 0.1) is 5.95 Å². The predicted octanol–water partition coefficient (Wildman–Crippen LogP) is 0.0538. The third-order valence-corrected chi connectivity index (χ3v) is 1.14. The number of nitrogens with zero attached hydrogens (tertiary/aromatic N) is 2. The van der Waals surface area contributed by atoms with Crippen LogP contribution in [0.3, 0.4) is 0 Å². The molecule has 0 saturated carbocycles. The van der Waals surface area contributed by atoms with Crippen molar-refractivity contribution in [2.75, 3.05) is 7.11 Å². The number of methoxy groups -OCH3 is 1. The first-order valence-corrected chi connectivity index (χ1v) is 2.81. The van der Waals surface area contributed by atoms with Crippen molar-refractivity contribution in [2.24, 2.45) is 7.05 Å². The smallest absolute Gasteiger partial charge is 0.393 e. The lowest BCUT2D eigenvalue weighted by Gasteiger charge is -1.92. The van der Waals surface area contributed by atoms with Crippen LogP contribution in [-0.2, 0) is 7.05 Å². The summed E-state index contributed by atoms with van der Waals surface area (Å²) in [6.07, 6.45) is 0. The third kappa shape index (κ3) is 1.21. The second-order valence-corrected chi connectivity index (χ2v) is 1.82. The molecule has 4 heteroatoms. The zero-order valence-corrected chi connectivity index (χ0v) is 5.84. The van der Waals surface area contributed by atoms with Gasteiger partial charge in [-0.1, -0.05) is 4.68 Å². The Morgan fingerprint density at radius 1 is 1.60 bits per heavy atom. The number of hydrogen-bond donors (Lipinski definition) is 0. The van der Waals surface area contributed by atoms with E-state index in [0.717, 1.165) is 0 Å². The topological polar surface area (TPSA) is 26.0 Å². The Balaban J connectivity index is 3.07. The Labute approximate surface area is 58.1 Å². The molecule has 10 heavy (non-hydrogen) atoms. The molecule has 0 bridgehead atoms. The number of halogens is 1. The fourth-order valence-electron chi connectivity index (χ4n) is 0.674. The first-order chi connectivity index (χ1) is 4.74. The summed E-state index contributed by atoms with van der Waals surface area (Å²) in [5.74, 6) is 0.0182. The molecule has 54 valence electrons. The van der Waals surface area contributed by atoms with Gasteiger partial charge in [0, 0.05) is 11.2 Å². The zero-order valence-electron chi connectivity index (χ0n) is 5.84. The Bertz CT molecular complexity index is 239. The molecule has 1 aromatic heterocycles. The molecule has 0 aromatic carbocycles. The van der Waals surface area contributed by atoms with Gasteiger partial charge in [0.1, 0.15) is 0 Å². The van der Waals surface area contributed by atoms with Crippen LogP contribution in [0.25, 0.3) is 0 Å². The highest BCUT2D eigenvalue weighted by Gasteiger charge is 2.07. The molecule has 0 aliphatic heterocycles. The van der Waals surface area contributed by atoms with Gasteiger partial charge in [-0.3, -0.25) is 0 Å². The van der Waals surface area contributed by atoms with E-state index in [1.54, 1.807) is 7.05 Å². The molecule has 0 unspecified atom stereocenters. The minimum Gasteiger partial charge on any atom is -0.446 e. The van der Waals surface area contributed by atoms with Gasteiger partial charge in [-0.15, -0.1) is 0 Å². The maximum absolute atomic E-state index is 12.3. The molecular formula is C6H8FN2O+. The van der Waals surface area contributed by atoms with Gasteiger partial charge in [-0.05, 0) is 0 Å². The summed E-state index contributed by atoms with van der Waals surface area (Å²) in [7, 11) is 3.12. The first-order valence-electron chi connectivity index (χ1n) is 2.81. The molecule has 3 nitrogen and oxygen atoms in total. The van der Waals surface area contributed by atoms with Crippen LogP contribution in [0.5, 0.6) is 5.88 Å². The summed E-state index contributed by atoms with van der Waals surface area (Å²) < 4.78 is 18.5. The van der Waals surface area contributed by atoms with Gasteiger partial charge in [-0.2, -0.15) is 4.39 Å². The molecule has 0 atom stereocenters. The van der Waals surface area contributed by atoms with E-state index in [1.807, 2.05) is 0 Å². The van der Waals surface area contributed by atoms with Gasteiger partial charge in [0.25, 0.3) is 5.95 Å². The van der Waals surface area contributed by atoms with Crippen LogP contribution >= 0.6 is 0 Å². The van der Waals surface area contributed by atoms with Crippen molar-refractivity contribution >= 4 is 0 Å². The van der Waals surface area contributed by atoms with Crippen molar-refractivity contribution in [3.63, 3.8) is 0 Å². The monoisotopic (exact) mass is 143 g/mol. The van der Waals surface area contributed by atoms with Crippen LogP contribution in [0.4, 0.5) is 4.39 Å². The van der Waals surface area contributed by atoms with Crippen molar-refractivity contribution in [3.05, 3.63) is 18.1 Å². The molecule has 0 amide bonds. The van der Waals surface area contributed by atoms with Crippen molar-refractivity contribution < 1.29 is 13.8 Å². The number of aromatic nitrogens is 2. The summed E-state index contributed by atoms with van der Waals surface area (Å²) in [5, 5.41) is 3.47. The molecule has 0 fully saturated rings. The first kappa shape index (κ1) is 6.92. The molecule has 0 saturated heterocycles. The Hall–Kier alpha value is -1.19. The average molecular weight is 143 g/mol. The highest BCUT2D eigenvalue weighted by atomic mass is 19.1. The van der Waals surface area contributed by atoms with Crippen LogP contribution in [0.1, 0.15) is 0 Å². The molecule has 1 rings (SSSR count). The molecule has 0 aliphatic rings. The second kappa shape index (κ2) is 2.60. The third-order valence-electron chi connectivity index (χ3n) is 1.14. The van der Waals surface area contributed by atoms with Crippen LogP contribution in [0.15, 0.2) is 12.1 Å². The van der Waals surface area contributed by atoms with Crippen LogP contribution < -0.4 is 9.42 Å². The van der Waals surface area contributed by atoms with Crippen LogP contribution in [-0.4, -0.2) is 12.2 Å². The van der Waals surface area contributed by atoms with Gasteiger partial charge < -0.3 is 4.74 Å². The largest absolute Gasteiger partial charge is 0.446 e. The summed E-state index contributed by atoms with van der Waals surface area (Å²) in [5.41, 5.74) is 0. The SMILES string of the molecule is COc1ccc(F)n[n+]1C. The molecule has 1 heterocycles. The van der Waals surface area contributed by atoms with Crippen molar-refractivity contribution in [1.29, 1.82) is 0 Å². The van der Waals surface area contributed by atoms with Crippen LogP contribution in [0.2, 0.25) is 0 Å². The number of ether oxygens (including phenoxy) is 1. The van der Waals surface area contributed by atoms with Gasteiger partial charge in [0.2, 0.25) is 0 Å². The van der Waals surface area contributed by atoms with Crippen molar-refractivity contribution in [3.8, 4) is 5.88 Å². The van der Waals surface area contributed by atoms with Gasteiger partial charge in [-0.25, -0.2) is 0 Å². The maximum atomic E-state index is 12.3. The molecule has 0 radical (unpaired) electrons. The van der Waals surface area contributed by atoms with Crippen molar-refractivity contribution in [2.45, 2.75) is 0 Å². The van der Waals surface area contributed by atoms with E-state index in [-0.39, 0.29) is 0 Å². The van der Waals surface area contributed by atoms with E-state index in [4.69, 9.17) is 4.74 Å². The summed E-state index contributed by atoms with van der Waals surface area (Å²) in [6.45, 7) is 0. The Morgan fingerprint density at radius 3 is 2.80 bits per heavy atom. The Kier molecular flexibility index (Phi) is 1.80. The number of hydrogen-bond acceptors (Lipinski definition) is 2. The molecule has 1 aromatic rings. The van der Waals surface area contributed by atoms with E-state index in [1.165, 1.54) is 23.9 Å². The molecule has 0 aliphatic carbocycles. The molecule has 0 N–H and O–H groups in total. The second-order valence-electron chi connectivity index (χ2n) is 1.82. The minimum atomic E-state index is -0.511. The summed E-state index contributed by atoms with van der Waals surface area (Å²) in [4.78, 5) is 0. The highest BCUT2D eigenvalue weighted by molar-refractivity contribution is 4.99. The summed E-state index contributed by atoms with van der Waals surface area (Å²) in [6, 6.07) is 2.77. The quantitative estimate of drug-likeness (QED) is 0.519. The fraction of sp³-hybridized carbons (Fsp3) is 0.333. The van der Waals surface area contributed by atoms with Gasteiger partial charge in [0.05, 0.1) is 13.2 Å². The van der Waals surface area contributed by atoms with E-state index in [0.29, 0.717) is 5.88 Å². The fourth-order valence-corrected chi connectivity index (χ4v) is 0.674. The van der Waals surface area contributed by atoms with Gasteiger partial charge >= 0.3 is 5.88 Å². The highest BCUT2D eigenvalue weighted by Crippen LogP contribution is 1.98. The molecule has 0 spiro atoms. The summed E-state index contributed by atoms with van der Waals surface area (Å²) >= 11 is 0. The maximum Gasteiger partial charge on any atom is 0.393 e. The minimum absolute atomic E-state index is 0.511. The zero-order chi connectivity index (χ0) is 7.56. The van der Waals surface area contributed by atoms with Gasteiger partial charge in [0.15, 0.2) is 7.05 Å². The number of rotatable bonds is 1.